The number of carbonyl (C=O) groups is 1. The van der Waals surface area contributed by atoms with Crippen molar-refractivity contribution in [3.8, 4) is 0 Å². The molecule has 1 saturated carbocycles. The fourth-order valence-corrected chi connectivity index (χ4v) is 2.50. The van der Waals surface area contributed by atoms with Gasteiger partial charge in [-0.2, -0.15) is 0 Å². The highest BCUT2D eigenvalue weighted by Crippen LogP contribution is 2.30. The number of hydrogen-bond donors (Lipinski definition) is 3. The average Bonchev–Trinajstić information content (AvgIpc) is 2.82. The molecule has 0 aromatic carbocycles. The fraction of sp³-hybridized carbons (Fsp3) is 0.923. The molecule has 5 nitrogen and oxygen atoms in total. The number of carbonyl (C=O) groups excluding carboxylic acids is 1. The molecule has 0 aromatic rings. The lowest BCUT2D eigenvalue weighted by Gasteiger charge is -2.17. The van der Waals surface area contributed by atoms with Gasteiger partial charge in [0.05, 0.1) is 6.54 Å². The molecule has 0 aliphatic heterocycles. The Morgan fingerprint density at radius 3 is 2.89 bits per heavy atom. The summed E-state index contributed by atoms with van der Waals surface area (Å²) in [6, 6.07) is 0. The normalized spacial score (nSPS) is 23.2. The lowest BCUT2D eigenvalue weighted by Crippen LogP contribution is -2.37. The van der Waals surface area contributed by atoms with Gasteiger partial charge in [-0.15, -0.1) is 0 Å². The SMILES string of the molecule is COCCCNC(=O)CNCC1CCCC1CO. The van der Waals surface area contributed by atoms with E-state index in [-0.39, 0.29) is 12.5 Å². The summed E-state index contributed by atoms with van der Waals surface area (Å²) in [5.74, 6) is 0.975. The van der Waals surface area contributed by atoms with Gasteiger partial charge in [0.25, 0.3) is 0 Å². The van der Waals surface area contributed by atoms with Crippen LogP contribution in [0, 0.1) is 11.8 Å². The third kappa shape index (κ3) is 5.80. The molecule has 5 heteroatoms. The van der Waals surface area contributed by atoms with Crippen LogP contribution in [0.1, 0.15) is 25.7 Å². The Kier molecular flexibility index (Phi) is 7.96. The predicted octanol–water partition coefficient (Wildman–Crippen LogP) is 0.137. The summed E-state index contributed by atoms with van der Waals surface area (Å²) in [7, 11) is 1.66. The molecule has 1 rings (SSSR count). The molecular weight excluding hydrogens is 232 g/mol. The first kappa shape index (κ1) is 15.4. The minimum absolute atomic E-state index is 0.0321. The summed E-state index contributed by atoms with van der Waals surface area (Å²) in [5.41, 5.74) is 0. The zero-order chi connectivity index (χ0) is 13.2. The molecule has 106 valence electrons. The number of aliphatic hydroxyl groups excluding tert-OH is 1. The molecule has 0 aromatic heterocycles. The molecule has 1 aliphatic rings. The highest BCUT2D eigenvalue weighted by molar-refractivity contribution is 5.77. The van der Waals surface area contributed by atoms with E-state index in [4.69, 9.17) is 4.74 Å². The Bertz CT molecular complexity index is 236. The lowest BCUT2D eigenvalue weighted by molar-refractivity contribution is -0.120. The Labute approximate surface area is 109 Å². The van der Waals surface area contributed by atoms with Crippen molar-refractivity contribution in [2.24, 2.45) is 11.8 Å². The standard InChI is InChI=1S/C13H26N2O3/c1-18-7-3-6-15-13(17)9-14-8-11-4-2-5-12(11)10-16/h11-12,14,16H,2-10H2,1H3,(H,15,17). The van der Waals surface area contributed by atoms with Crippen LogP contribution in [-0.2, 0) is 9.53 Å². The summed E-state index contributed by atoms with van der Waals surface area (Å²) >= 11 is 0. The summed E-state index contributed by atoms with van der Waals surface area (Å²) in [6.45, 7) is 2.80. The number of aliphatic hydroxyl groups is 1. The van der Waals surface area contributed by atoms with E-state index < -0.39 is 0 Å². The van der Waals surface area contributed by atoms with Gasteiger partial charge >= 0.3 is 0 Å². The van der Waals surface area contributed by atoms with Crippen LogP contribution < -0.4 is 10.6 Å². The van der Waals surface area contributed by atoms with E-state index in [0.29, 0.717) is 31.5 Å². The molecular formula is C13H26N2O3. The largest absolute Gasteiger partial charge is 0.396 e. The van der Waals surface area contributed by atoms with Crippen LogP contribution in [0.3, 0.4) is 0 Å². The number of rotatable bonds is 9. The highest BCUT2D eigenvalue weighted by Gasteiger charge is 2.25. The molecule has 1 aliphatic carbocycles. The Balaban J connectivity index is 2.01. The number of hydrogen-bond acceptors (Lipinski definition) is 4. The van der Waals surface area contributed by atoms with Crippen molar-refractivity contribution in [2.75, 3.05) is 40.0 Å². The topological polar surface area (TPSA) is 70.6 Å². The first-order valence-corrected chi connectivity index (χ1v) is 6.85. The molecule has 0 radical (unpaired) electrons. The van der Waals surface area contributed by atoms with E-state index in [1.54, 1.807) is 7.11 Å². The van der Waals surface area contributed by atoms with E-state index in [9.17, 15) is 9.90 Å². The summed E-state index contributed by atoms with van der Waals surface area (Å²) in [5, 5.41) is 15.2. The maximum absolute atomic E-state index is 11.5. The van der Waals surface area contributed by atoms with Gasteiger partial charge in [-0.05, 0) is 37.6 Å². The van der Waals surface area contributed by atoms with E-state index in [0.717, 1.165) is 25.8 Å². The van der Waals surface area contributed by atoms with Gasteiger partial charge in [-0.25, -0.2) is 0 Å². The van der Waals surface area contributed by atoms with Gasteiger partial charge in [-0.1, -0.05) is 6.42 Å². The highest BCUT2D eigenvalue weighted by atomic mass is 16.5. The van der Waals surface area contributed by atoms with Crippen LogP contribution in [0.15, 0.2) is 0 Å². The maximum atomic E-state index is 11.5. The van der Waals surface area contributed by atoms with E-state index >= 15 is 0 Å². The van der Waals surface area contributed by atoms with E-state index in [1.807, 2.05) is 0 Å². The van der Waals surface area contributed by atoms with Crippen molar-refractivity contribution in [3.63, 3.8) is 0 Å². The predicted molar refractivity (Wildman–Crippen MR) is 70.3 cm³/mol. The molecule has 2 unspecified atom stereocenters. The molecule has 18 heavy (non-hydrogen) atoms. The minimum atomic E-state index is 0.0321. The van der Waals surface area contributed by atoms with Crippen LogP contribution in [0.2, 0.25) is 0 Å². The van der Waals surface area contributed by atoms with Crippen molar-refractivity contribution < 1.29 is 14.6 Å². The van der Waals surface area contributed by atoms with Crippen LogP contribution in [0.5, 0.6) is 0 Å². The summed E-state index contributed by atoms with van der Waals surface area (Å²) in [4.78, 5) is 11.5. The van der Waals surface area contributed by atoms with Crippen LogP contribution >= 0.6 is 0 Å². The number of nitrogens with one attached hydrogen (secondary N) is 2. The number of methoxy groups -OCH3 is 1. The quantitative estimate of drug-likeness (QED) is 0.514. The second-order valence-corrected chi connectivity index (χ2v) is 4.96. The van der Waals surface area contributed by atoms with Crippen molar-refractivity contribution in [2.45, 2.75) is 25.7 Å². The third-order valence-corrected chi connectivity index (χ3v) is 3.59. The van der Waals surface area contributed by atoms with Crippen LogP contribution in [0.4, 0.5) is 0 Å². The molecule has 2 atom stereocenters. The first-order chi connectivity index (χ1) is 8.77. The van der Waals surface area contributed by atoms with Gasteiger partial charge in [0.1, 0.15) is 0 Å². The van der Waals surface area contributed by atoms with Gasteiger partial charge in [0.2, 0.25) is 5.91 Å². The summed E-state index contributed by atoms with van der Waals surface area (Å²) in [6.07, 6.45) is 4.32. The molecule has 1 fully saturated rings. The van der Waals surface area contributed by atoms with Crippen molar-refractivity contribution in [1.29, 1.82) is 0 Å². The van der Waals surface area contributed by atoms with E-state index in [1.165, 1.54) is 6.42 Å². The van der Waals surface area contributed by atoms with Gasteiger partial charge in [0.15, 0.2) is 0 Å². The fourth-order valence-electron chi connectivity index (χ4n) is 2.50. The van der Waals surface area contributed by atoms with Crippen molar-refractivity contribution in [1.82, 2.24) is 10.6 Å². The average molecular weight is 258 g/mol. The first-order valence-electron chi connectivity index (χ1n) is 6.85. The van der Waals surface area contributed by atoms with Gasteiger partial charge in [0, 0.05) is 26.9 Å². The number of ether oxygens (including phenoxy) is 1. The lowest BCUT2D eigenvalue weighted by atomic mass is 9.97. The molecule has 0 bridgehead atoms. The van der Waals surface area contributed by atoms with Crippen LogP contribution in [0.25, 0.3) is 0 Å². The maximum Gasteiger partial charge on any atom is 0.233 e. The Morgan fingerprint density at radius 2 is 2.17 bits per heavy atom. The molecule has 0 saturated heterocycles. The van der Waals surface area contributed by atoms with E-state index in [2.05, 4.69) is 10.6 Å². The second-order valence-electron chi connectivity index (χ2n) is 4.96. The minimum Gasteiger partial charge on any atom is -0.396 e. The Hall–Kier alpha value is -0.650. The zero-order valence-electron chi connectivity index (χ0n) is 11.3. The van der Waals surface area contributed by atoms with Crippen molar-refractivity contribution in [3.05, 3.63) is 0 Å². The third-order valence-electron chi connectivity index (χ3n) is 3.59. The molecule has 3 N–H and O–H groups in total. The molecule has 0 heterocycles. The monoisotopic (exact) mass is 258 g/mol. The van der Waals surface area contributed by atoms with Gasteiger partial charge < -0.3 is 20.5 Å². The summed E-state index contributed by atoms with van der Waals surface area (Å²) < 4.78 is 4.91. The van der Waals surface area contributed by atoms with Gasteiger partial charge in [-0.3, -0.25) is 4.79 Å². The smallest absolute Gasteiger partial charge is 0.233 e. The zero-order valence-corrected chi connectivity index (χ0v) is 11.3. The molecule has 1 amide bonds. The number of amides is 1. The Morgan fingerprint density at radius 1 is 1.39 bits per heavy atom. The van der Waals surface area contributed by atoms with Crippen molar-refractivity contribution >= 4 is 5.91 Å². The molecule has 0 spiro atoms. The second kappa shape index (κ2) is 9.30. The van der Waals surface area contributed by atoms with Crippen LogP contribution in [-0.4, -0.2) is 51.0 Å².